The Bertz CT molecular complexity index is 350. The van der Waals surface area contributed by atoms with Crippen LogP contribution in [0.5, 0.6) is 0 Å². The van der Waals surface area contributed by atoms with Crippen LogP contribution in [0.25, 0.3) is 0 Å². The Morgan fingerprint density at radius 1 is 1.12 bits per heavy atom. The van der Waals surface area contributed by atoms with Crippen molar-refractivity contribution >= 4 is 9.84 Å². The highest BCUT2D eigenvalue weighted by molar-refractivity contribution is 7.92. The molecule has 1 saturated carbocycles. The van der Waals surface area contributed by atoms with Crippen molar-refractivity contribution < 1.29 is 13.5 Å². The van der Waals surface area contributed by atoms with E-state index in [1.54, 1.807) is 0 Å². The number of hydrogen-bond acceptors (Lipinski definition) is 3. The lowest BCUT2D eigenvalue weighted by atomic mass is 9.78. The van der Waals surface area contributed by atoms with Crippen LogP contribution in [-0.2, 0) is 9.84 Å². The average molecular weight is 260 g/mol. The van der Waals surface area contributed by atoms with Crippen molar-refractivity contribution in [2.45, 2.75) is 63.2 Å². The second-order valence-electron chi connectivity index (χ2n) is 5.92. The summed E-state index contributed by atoms with van der Waals surface area (Å²) in [5, 5.41) is 9.89. The molecule has 0 aromatic heterocycles. The van der Waals surface area contributed by atoms with E-state index in [1.165, 1.54) is 6.42 Å². The van der Waals surface area contributed by atoms with Gasteiger partial charge in [0.15, 0.2) is 9.84 Å². The van der Waals surface area contributed by atoms with Crippen LogP contribution in [0.4, 0.5) is 0 Å². The van der Waals surface area contributed by atoms with Crippen molar-refractivity contribution in [2.75, 3.05) is 5.75 Å². The van der Waals surface area contributed by atoms with E-state index >= 15 is 0 Å². The normalized spacial score (nSPS) is 39.8. The molecule has 1 N–H and O–H groups in total. The van der Waals surface area contributed by atoms with Gasteiger partial charge in [0.05, 0.1) is 17.1 Å². The first-order valence-corrected chi connectivity index (χ1v) is 8.62. The van der Waals surface area contributed by atoms with Gasteiger partial charge in [-0.15, -0.1) is 0 Å². The summed E-state index contributed by atoms with van der Waals surface area (Å²) in [6.45, 7) is 2.20. The molecule has 4 heteroatoms. The van der Waals surface area contributed by atoms with Crippen molar-refractivity contribution in [3.05, 3.63) is 0 Å². The van der Waals surface area contributed by atoms with Crippen molar-refractivity contribution in [1.82, 2.24) is 0 Å². The molecular weight excluding hydrogens is 236 g/mol. The van der Waals surface area contributed by atoms with Crippen LogP contribution in [0.2, 0.25) is 0 Å². The summed E-state index contributed by atoms with van der Waals surface area (Å²) < 4.78 is 24.0. The lowest BCUT2D eigenvalue weighted by Gasteiger charge is -2.35. The highest BCUT2D eigenvalue weighted by atomic mass is 32.2. The zero-order valence-electron chi connectivity index (χ0n) is 10.6. The molecule has 1 heterocycles. The number of rotatable bonds is 2. The van der Waals surface area contributed by atoms with Gasteiger partial charge in [-0.05, 0) is 37.5 Å². The molecule has 0 bridgehead atoms. The van der Waals surface area contributed by atoms with E-state index < -0.39 is 21.2 Å². The van der Waals surface area contributed by atoms with Gasteiger partial charge in [-0.1, -0.05) is 26.2 Å². The molecule has 2 rings (SSSR count). The molecule has 4 unspecified atom stereocenters. The largest absolute Gasteiger partial charge is 0.391 e. The first-order chi connectivity index (χ1) is 8.00. The molecule has 100 valence electrons. The van der Waals surface area contributed by atoms with Crippen LogP contribution in [0, 0.1) is 11.8 Å². The van der Waals surface area contributed by atoms with Crippen LogP contribution < -0.4 is 0 Å². The highest BCUT2D eigenvalue weighted by Crippen LogP contribution is 2.35. The lowest BCUT2D eigenvalue weighted by molar-refractivity contribution is 0.0644. The maximum Gasteiger partial charge on any atom is 0.155 e. The molecular formula is C13H24O3S. The summed E-state index contributed by atoms with van der Waals surface area (Å²) in [6.07, 6.45) is 6.11. The van der Waals surface area contributed by atoms with Crippen molar-refractivity contribution in [2.24, 2.45) is 11.8 Å². The smallest absolute Gasteiger partial charge is 0.155 e. The minimum atomic E-state index is -3.04. The Morgan fingerprint density at radius 2 is 1.88 bits per heavy atom. The third-order valence-electron chi connectivity index (χ3n) is 4.47. The predicted octanol–water partition coefficient (Wildman–Crippen LogP) is 2.14. The maximum absolute atomic E-state index is 12.0. The number of sulfone groups is 1. The third-order valence-corrected chi connectivity index (χ3v) is 6.76. The first-order valence-electron chi connectivity index (χ1n) is 6.90. The molecule has 2 aliphatic rings. The molecule has 1 aliphatic heterocycles. The Labute approximate surface area is 105 Å². The molecule has 3 nitrogen and oxygen atoms in total. The fourth-order valence-corrected chi connectivity index (χ4v) is 5.54. The molecule has 1 aliphatic carbocycles. The third kappa shape index (κ3) is 3.02. The van der Waals surface area contributed by atoms with Gasteiger partial charge in [0.25, 0.3) is 0 Å². The van der Waals surface area contributed by atoms with Crippen LogP contribution in [0.3, 0.4) is 0 Å². The van der Waals surface area contributed by atoms with Gasteiger partial charge >= 0.3 is 0 Å². The molecule has 17 heavy (non-hydrogen) atoms. The van der Waals surface area contributed by atoms with Crippen LogP contribution >= 0.6 is 0 Å². The van der Waals surface area contributed by atoms with Gasteiger partial charge in [-0.3, -0.25) is 0 Å². The monoisotopic (exact) mass is 260 g/mol. The van der Waals surface area contributed by atoms with Crippen molar-refractivity contribution in [3.8, 4) is 0 Å². The van der Waals surface area contributed by atoms with Gasteiger partial charge in [0.2, 0.25) is 0 Å². The standard InChI is InChI=1S/C13H24O3S/c1-10-5-4-6-11(9-10)13(14)12-7-2-3-8-17(12,15)16/h10-14H,2-9H2,1H3. The lowest BCUT2D eigenvalue weighted by Crippen LogP contribution is -2.43. The van der Waals surface area contributed by atoms with Gasteiger partial charge in [-0.25, -0.2) is 8.42 Å². The van der Waals surface area contributed by atoms with Crippen LogP contribution in [0.15, 0.2) is 0 Å². The summed E-state index contributed by atoms with van der Waals surface area (Å²) in [4.78, 5) is 0. The van der Waals surface area contributed by atoms with Crippen molar-refractivity contribution in [1.29, 1.82) is 0 Å². The summed E-state index contributed by atoms with van der Waals surface area (Å²) in [5.41, 5.74) is 0. The van der Waals surface area contributed by atoms with E-state index in [-0.39, 0.29) is 11.7 Å². The van der Waals surface area contributed by atoms with E-state index in [9.17, 15) is 13.5 Å². The summed E-state index contributed by atoms with van der Waals surface area (Å²) in [6, 6.07) is 0. The maximum atomic E-state index is 12.0. The molecule has 1 saturated heterocycles. The molecule has 4 atom stereocenters. The summed E-state index contributed by atoms with van der Waals surface area (Å²) in [7, 11) is -3.04. The highest BCUT2D eigenvalue weighted by Gasteiger charge is 2.39. The number of aliphatic hydroxyl groups is 1. The Hall–Kier alpha value is -0.0900. The quantitative estimate of drug-likeness (QED) is 0.827. The number of hydrogen-bond donors (Lipinski definition) is 1. The van der Waals surface area contributed by atoms with Crippen LogP contribution in [-0.4, -0.2) is 30.6 Å². The minimum absolute atomic E-state index is 0.205. The average Bonchev–Trinajstić information content (AvgIpc) is 2.27. The predicted molar refractivity (Wildman–Crippen MR) is 68.6 cm³/mol. The van der Waals surface area contributed by atoms with Gasteiger partial charge in [0, 0.05) is 0 Å². The second kappa shape index (κ2) is 5.27. The zero-order chi connectivity index (χ0) is 12.5. The van der Waals surface area contributed by atoms with E-state index in [4.69, 9.17) is 0 Å². The first kappa shape index (κ1) is 13.3. The van der Waals surface area contributed by atoms with Gasteiger partial charge in [0.1, 0.15) is 0 Å². The summed E-state index contributed by atoms with van der Waals surface area (Å²) in [5.74, 6) is 1.11. The van der Waals surface area contributed by atoms with Crippen molar-refractivity contribution in [3.63, 3.8) is 0 Å². The van der Waals surface area contributed by atoms with E-state index in [0.29, 0.717) is 12.3 Å². The van der Waals surface area contributed by atoms with Gasteiger partial charge in [-0.2, -0.15) is 0 Å². The molecule has 0 amide bonds. The fourth-order valence-electron chi connectivity index (χ4n) is 3.46. The molecule has 0 radical (unpaired) electrons. The van der Waals surface area contributed by atoms with E-state index in [1.807, 2.05) is 0 Å². The fraction of sp³-hybridized carbons (Fsp3) is 1.00. The molecule has 0 spiro atoms. The number of aliphatic hydroxyl groups excluding tert-OH is 1. The Morgan fingerprint density at radius 3 is 2.53 bits per heavy atom. The Kier molecular flexibility index (Phi) is 4.14. The molecule has 0 aromatic carbocycles. The van der Waals surface area contributed by atoms with E-state index in [2.05, 4.69) is 6.92 Å². The summed E-state index contributed by atoms with van der Waals surface area (Å²) >= 11 is 0. The van der Waals surface area contributed by atoms with Gasteiger partial charge < -0.3 is 5.11 Å². The topological polar surface area (TPSA) is 54.4 Å². The van der Waals surface area contributed by atoms with E-state index in [0.717, 1.165) is 32.1 Å². The molecule has 2 fully saturated rings. The minimum Gasteiger partial charge on any atom is -0.391 e. The van der Waals surface area contributed by atoms with Crippen LogP contribution in [0.1, 0.15) is 51.9 Å². The second-order valence-corrected chi connectivity index (χ2v) is 8.26. The molecule has 0 aromatic rings. The SMILES string of the molecule is CC1CCCC(C(O)C2CCCCS2(=O)=O)C1. The Balaban J connectivity index is 2.05. The zero-order valence-corrected chi connectivity index (χ0v) is 11.5.